The van der Waals surface area contributed by atoms with Crippen molar-refractivity contribution >= 4 is 33.2 Å². The summed E-state index contributed by atoms with van der Waals surface area (Å²) < 4.78 is 31.7. The third-order valence-corrected chi connectivity index (χ3v) is 4.68. The maximum absolute atomic E-state index is 11.9. The minimum Gasteiger partial charge on any atom is -0.377 e. The highest BCUT2D eigenvalue weighted by Crippen LogP contribution is 2.22. The molecule has 1 aromatic heterocycles. The van der Waals surface area contributed by atoms with Crippen molar-refractivity contribution in [3.63, 3.8) is 0 Å². The van der Waals surface area contributed by atoms with E-state index < -0.39 is 10.0 Å². The quantitative estimate of drug-likeness (QED) is 0.862. The lowest BCUT2D eigenvalue weighted by Gasteiger charge is -2.11. The van der Waals surface area contributed by atoms with Crippen LogP contribution >= 0.6 is 23.2 Å². The highest BCUT2D eigenvalue weighted by Gasteiger charge is 2.21. The summed E-state index contributed by atoms with van der Waals surface area (Å²) in [5.74, 6) is 0. The summed E-state index contributed by atoms with van der Waals surface area (Å²) in [6.45, 7) is 0.934. The van der Waals surface area contributed by atoms with Crippen LogP contribution in [0.1, 0.15) is 12.8 Å². The fourth-order valence-corrected chi connectivity index (χ4v) is 3.01. The van der Waals surface area contributed by atoms with Crippen molar-refractivity contribution in [2.75, 3.05) is 13.2 Å². The smallest absolute Gasteiger partial charge is 0.242 e. The first-order valence-electron chi connectivity index (χ1n) is 5.41. The zero-order valence-electron chi connectivity index (χ0n) is 9.40. The molecule has 1 fully saturated rings. The van der Waals surface area contributed by atoms with Gasteiger partial charge in [-0.25, -0.2) is 18.1 Å². The number of rotatable bonds is 4. The number of hydrogen-bond donors (Lipinski definition) is 1. The Hall–Kier alpha value is -0.400. The molecule has 18 heavy (non-hydrogen) atoms. The van der Waals surface area contributed by atoms with Gasteiger partial charge in [0, 0.05) is 19.3 Å². The number of hydrogen-bond acceptors (Lipinski definition) is 4. The van der Waals surface area contributed by atoms with Gasteiger partial charge in [-0.15, -0.1) is 0 Å². The van der Waals surface area contributed by atoms with Gasteiger partial charge in [0.2, 0.25) is 10.0 Å². The first kappa shape index (κ1) is 14.0. The van der Waals surface area contributed by atoms with E-state index in [0.717, 1.165) is 12.8 Å². The molecule has 0 aliphatic carbocycles. The van der Waals surface area contributed by atoms with Gasteiger partial charge in [-0.05, 0) is 18.9 Å². The Labute approximate surface area is 116 Å². The van der Waals surface area contributed by atoms with Gasteiger partial charge in [0.25, 0.3) is 0 Å². The molecule has 100 valence electrons. The number of nitrogens with zero attached hydrogens (tertiary/aromatic N) is 1. The van der Waals surface area contributed by atoms with E-state index in [1.807, 2.05) is 0 Å². The Morgan fingerprint density at radius 3 is 2.89 bits per heavy atom. The summed E-state index contributed by atoms with van der Waals surface area (Å²) in [6.07, 6.45) is 2.94. The highest BCUT2D eigenvalue weighted by molar-refractivity contribution is 7.89. The van der Waals surface area contributed by atoms with Crippen molar-refractivity contribution in [2.24, 2.45) is 0 Å². The Balaban J connectivity index is 2.07. The normalized spacial score (nSPS) is 20.2. The Morgan fingerprint density at radius 2 is 2.28 bits per heavy atom. The molecule has 8 heteroatoms. The molecule has 0 unspecified atom stereocenters. The molecule has 2 heterocycles. The second kappa shape index (κ2) is 5.71. The molecule has 2 rings (SSSR count). The highest BCUT2D eigenvalue weighted by atomic mass is 35.5. The molecule has 5 nitrogen and oxygen atoms in total. The van der Waals surface area contributed by atoms with Gasteiger partial charge in [-0.2, -0.15) is 0 Å². The molecule has 0 saturated carbocycles. The molecule has 0 amide bonds. The van der Waals surface area contributed by atoms with E-state index in [1.165, 1.54) is 12.3 Å². The summed E-state index contributed by atoms with van der Waals surface area (Å²) in [7, 11) is -3.62. The van der Waals surface area contributed by atoms with E-state index in [-0.39, 0.29) is 27.7 Å². The van der Waals surface area contributed by atoms with Crippen molar-refractivity contribution in [2.45, 2.75) is 23.8 Å². The van der Waals surface area contributed by atoms with Crippen molar-refractivity contribution in [1.82, 2.24) is 9.71 Å². The van der Waals surface area contributed by atoms with Crippen LogP contribution in [0.3, 0.4) is 0 Å². The first-order valence-corrected chi connectivity index (χ1v) is 7.65. The minimum absolute atomic E-state index is 0.00473. The van der Waals surface area contributed by atoms with Crippen LogP contribution in [0.25, 0.3) is 0 Å². The number of sulfonamides is 1. The van der Waals surface area contributed by atoms with Crippen molar-refractivity contribution in [3.8, 4) is 0 Å². The summed E-state index contributed by atoms with van der Waals surface area (Å²) in [4.78, 5) is 3.70. The second-order valence-electron chi connectivity index (χ2n) is 3.93. The maximum atomic E-state index is 11.9. The van der Waals surface area contributed by atoms with Crippen LogP contribution in [0.2, 0.25) is 10.2 Å². The monoisotopic (exact) mass is 310 g/mol. The number of pyridine rings is 1. The van der Waals surface area contributed by atoms with Crippen LogP contribution in [0.4, 0.5) is 0 Å². The molecule has 0 bridgehead atoms. The van der Waals surface area contributed by atoms with E-state index in [4.69, 9.17) is 27.9 Å². The lowest BCUT2D eigenvalue weighted by Crippen LogP contribution is -2.31. The zero-order chi connectivity index (χ0) is 13.2. The fraction of sp³-hybridized carbons (Fsp3) is 0.500. The number of halogens is 2. The van der Waals surface area contributed by atoms with Crippen LogP contribution in [0.5, 0.6) is 0 Å². The van der Waals surface area contributed by atoms with E-state index in [9.17, 15) is 8.42 Å². The third-order valence-electron chi connectivity index (χ3n) is 2.61. The van der Waals surface area contributed by atoms with Crippen LogP contribution in [-0.2, 0) is 14.8 Å². The molecular formula is C10H12Cl2N2O3S. The zero-order valence-corrected chi connectivity index (χ0v) is 11.7. The predicted octanol–water partition coefficient (Wildman–Crippen LogP) is 1.85. The van der Waals surface area contributed by atoms with Crippen LogP contribution in [0.15, 0.2) is 17.2 Å². The summed E-state index contributed by atoms with van der Waals surface area (Å²) in [5.41, 5.74) is 0. The summed E-state index contributed by atoms with van der Waals surface area (Å²) >= 11 is 11.4. The van der Waals surface area contributed by atoms with Gasteiger partial charge in [-0.1, -0.05) is 23.2 Å². The van der Waals surface area contributed by atoms with Gasteiger partial charge in [-0.3, -0.25) is 0 Å². The Kier molecular flexibility index (Phi) is 4.45. The predicted molar refractivity (Wildman–Crippen MR) is 68.4 cm³/mol. The number of aromatic nitrogens is 1. The van der Waals surface area contributed by atoms with Gasteiger partial charge in [0.05, 0.1) is 11.1 Å². The summed E-state index contributed by atoms with van der Waals surface area (Å²) in [6, 6.07) is 1.27. The second-order valence-corrected chi connectivity index (χ2v) is 6.46. The number of nitrogens with one attached hydrogen (secondary N) is 1. The lowest BCUT2D eigenvalue weighted by atomic mass is 10.2. The molecule has 0 aromatic carbocycles. The molecule has 0 radical (unpaired) electrons. The molecular weight excluding hydrogens is 299 g/mol. The molecule has 1 aromatic rings. The van der Waals surface area contributed by atoms with Gasteiger partial charge < -0.3 is 4.74 Å². The fourth-order valence-electron chi connectivity index (χ4n) is 1.64. The lowest BCUT2D eigenvalue weighted by molar-refractivity contribution is 0.114. The van der Waals surface area contributed by atoms with E-state index >= 15 is 0 Å². The SMILES string of the molecule is O=S(=O)(NC[C@H]1CCCO1)c1cnc(Cl)c(Cl)c1. The first-order chi connectivity index (χ1) is 8.49. The number of ether oxygens (including phenoxy) is 1. The average Bonchev–Trinajstić information content (AvgIpc) is 2.83. The Bertz CT molecular complexity index is 530. The van der Waals surface area contributed by atoms with Crippen molar-refractivity contribution < 1.29 is 13.2 Å². The van der Waals surface area contributed by atoms with E-state index in [2.05, 4.69) is 9.71 Å². The van der Waals surface area contributed by atoms with Crippen molar-refractivity contribution in [1.29, 1.82) is 0 Å². The molecule has 1 aliphatic rings. The van der Waals surface area contributed by atoms with Gasteiger partial charge in [0.15, 0.2) is 0 Å². The van der Waals surface area contributed by atoms with E-state index in [0.29, 0.717) is 6.61 Å². The van der Waals surface area contributed by atoms with Crippen LogP contribution < -0.4 is 4.72 Å². The summed E-state index contributed by atoms with van der Waals surface area (Å²) in [5, 5.41) is 0.186. The van der Waals surface area contributed by atoms with Crippen LogP contribution in [0, 0.1) is 0 Å². The molecule has 1 N–H and O–H groups in total. The topological polar surface area (TPSA) is 68.3 Å². The van der Waals surface area contributed by atoms with Crippen molar-refractivity contribution in [3.05, 3.63) is 22.4 Å². The average molecular weight is 311 g/mol. The van der Waals surface area contributed by atoms with Gasteiger partial charge in [0.1, 0.15) is 10.0 Å². The maximum Gasteiger partial charge on any atom is 0.242 e. The molecule has 1 aliphatic heterocycles. The minimum atomic E-state index is -3.62. The largest absolute Gasteiger partial charge is 0.377 e. The molecule has 1 saturated heterocycles. The van der Waals surface area contributed by atoms with E-state index in [1.54, 1.807) is 0 Å². The third kappa shape index (κ3) is 3.33. The molecule has 1 atom stereocenters. The standard InChI is InChI=1S/C10H12Cl2N2O3S/c11-9-4-8(6-13-10(9)12)18(15,16)14-5-7-2-1-3-17-7/h4,6-7,14H,1-3,5H2/t7-/m1/s1. The van der Waals surface area contributed by atoms with Gasteiger partial charge >= 0.3 is 0 Å². The van der Waals surface area contributed by atoms with Crippen LogP contribution in [-0.4, -0.2) is 32.7 Å². The Morgan fingerprint density at radius 1 is 1.50 bits per heavy atom. The molecule has 0 spiro atoms.